The summed E-state index contributed by atoms with van der Waals surface area (Å²) < 4.78 is 67.1. The molecular weight excluding hydrogens is 401 g/mol. The van der Waals surface area contributed by atoms with E-state index in [0.717, 1.165) is 28.6 Å². The Morgan fingerprint density at radius 3 is 2.14 bits per heavy atom. The van der Waals surface area contributed by atoms with Gasteiger partial charge in [0.25, 0.3) is 6.09 Å². The van der Waals surface area contributed by atoms with Crippen LogP contribution in [0.1, 0.15) is 27.7 Å². The van der Waals surface area contributed by atoms with Gasteiger partial charge < -0.3 is 14.6 Å². The number of sulfonamides is 1. The van der Waals surface area contributed by atoms with E-state index in [9.17, 15) is 31.5 Å². The van der Waals surface area contributed by atoms with Gasteiger partial charge >= 0.3 is 6.36 Å². The minimum Gasteiger partial charge on any atom is -0.498 e. The number of benzene rings is 1. The van der Waals surface area contributed by atoms with E-state index in [2.05, 4.69) is 4.74 Å². The van der Waals surface area contributed by atoms with Crippen molar-refractivity contribution in [3.8, 4) is 5.75 Å². The first-order chi connectivity index (χ1) is 12.6. The number of carbonyl (C=O) groups excluding carboxylic acids is 1. The van der Waals surface area contributed by atoms with Crippen molar-refractivity contribution in [3.05, 3.63) is 24.3 Å². The number of ether oxygens (including phenoxy) is 1. The lowest BCUT2D eigenvalue weighted by Crippen LogP contribution is -2.75. The van der Waals surface area contributed by atoms with Crippen molar-refractivity contribution in [1.29, 1.82) is 0 Å². The molecule has 0 N–H and O–H groups in total. The molecule has 7 nitrogen and oxygen atoms in total. The average Bonchev–Trinajstić information content (AvgIpc) is 2.52. The molecule has 158 valence electrons. The normalized spacial score (nSPS) is 24.8. The molecule has 2 rings (SSSR count). The molecule has 28 heavy (non-hydrogen) atoms. The van der Waals surface area contributed by atoms with Crippen molar-refractivity contribution in [2.24, 2.45) is 0 Å². The smallest absolute Gasteiger partial charge is 0.498 e. The predicted molar refractivity (Wildman–Crippen MR) is 91.6 cm³/mol. The lowest BCUT2D eigenvalue weighted by atomic mass is 9.98. The Morgan fingerprint density at radius 2 is 1.75 bits per heavy atom. The van der Waals surface area contributed by atoms with Crippen LogP contribution >= 0.6 is 0 Å². The summed E-state index contributed by atoms with van der Waals surface area (Å²) in [7, 11) is -4.02. The van der Waals surface area contributed by atoms with Crippen LogP contribution in [0.5, 0.6) is 5.75 Å². The number of halogens is 3. The lowest BCUT2D eigenvalue weighted by molar-refractivity contribution is -0.925. The highest BCUT2D eigenvalue weighted by atomic mass is 32.2. The monoisotopic (exact) mass is 424 g/mol. The molecule has 0 aromatic heterocycles. The first-order valence-electron chi connectivity index (χ1n) is 8.56. The number of amides is 1. The van der Waals surface area contributed by atoms with Gasteiger partial charge in [-0.1, -0.05) is 0 Å². The van der Waals surface area contributed by atoms with Crippen LogP contribution in [0.2, 0.25) is 0 Å². The lowest BCUT2D eigenvalue weighted by Gasteiger charge is -2.53. The summed E-state index contributed by atoms with van der Waals surface area (Å²) in [5, 5.41) is 11.8. The second-order valence-electron chi connectivity index (χ2n) is 7.79. The van der Waals surface area contributed by atoms with E-state index < -0.39 is 44.3 Å². The van der Waals surface area contributed by atoms with E-state index in [1.165, 1.54) is 0 Å². The first kappa shape index (κ1) is 22.4. The highest BCUT2D eigenvalue weighted by Gasteiger charge is 2.50. The molecule has 0 radical (unpaired) electrons. The Balaban J connectivity index is 2.27. The predicted octanol–water partition coefficient (Wildman–Crippen LogP) is 1.94. The van der Waals surface area contributed by atoms with E-state index in [1.54, 1.807) is 27.7 Å². The minimum absolute atomic E-state index is 0.0142. The van der Waals surface area contributed by atoms with Gasteiger partial charge in [0.15, 0.2) is 0 Å². The number of quaternary nitrogens is 1. The number of rotatable bonds is 3. The molecule has 0 saturated carbocycles. The fourth-order valence-electron chi connectivity index (χ4n) is 3.48. The largest absolute Gasteiger partial charge is 0.573 e. The molecule has 1 aliphatic heterocycles. The maximum atomic E-state index is 12.9. The van der Waals surface area contributed by atoms with E-state index in [-0.39, 0.29) is 24.5 Å². The molecule has 1 unspecified atom stereocenters. The second kappa shape index (κ2) is 7.20. The van der Waals surface area contributed by atoms with Crippen LogP contribution in [0.25, 0.3) is 0 Å². The Labute approximate surface area is 161 Å². The zero-order valence-electron chi connectivity index (χ0n) is 16.0. The van der Waals surface area contributed by atoms with E-state index in [0.29, 0.717) is 0 Å². The zero-order chi connectivity index (χ0) is 21.5. The van der Waals surface area contributed by atoms with E-state index >= 15 is 0 Å². The molecular formula is C17H23F3N2O5S. The number of carboxylic acid groups (broad SMARTS) is 1. The molecule has 1 fully saturated rings. The summed E-state index contributed by atoms with van der Waals surface area (Å²) in [6.07, 6.45) is -6.15. The van der Waals surface area contributed by atoms with Crippen LogP contribution in [0.4, 0.5) is 18.0 Å². The summed E-state index contributed by atoms with van der Waals surface area (Å²) >= 11 is 0. The molecule has 1 aromatic rings. The third-order valence-electron chi connectivity index (χ3n) is 5.07. The number of alkyl halides is 3. The molecule has 1 heterocycles. The van der Waals surface area contributed by atoms with Gasteiger partial charge in [0.2, 0.25) is 10.0 Å². The van der Waals surface area contributed by atoms with E-state index in [4.69, 9.17) is 0 Å². The van der Waals surface area contributed by atoms with E-state index in [1.807, 2.05) is 0 Å². The molecule has 0 aliphatic carbocycles. The van der Waals surface area contributed by atoms with Crippen LogP contribution in [-0.2, 0) is 10.0 Å². The fraction of sp³-hybridized carbons (Fsp3) is 0.588. The SMILES string of the molecule is C[C@H]1C[N+](C(=O)[O-])(C(C)(C)C)CCN1S(=O)(=O)c1ccc(OC(F)(F)F)cc1. The molecule has 1 amide bonds. The molecule has 1 aliphatic rings. The fourth-order valence-corrected chi connectivity index (χ4v) is 5.09. The van der Waals surface area contributed by atoms with Crippen LogP contribution < -0.4 is 9.84 Å². The quantitative estimate of drug-likeness (QED) is 0.692. The number of piperazine rings is 1. The summed E-state index contributed by atoms with van der Waals surface area (Å²) in [5.41, 5.74) is -0.695. The molecule has 1 saturated heterocycles. The second-order valence-corrected chi connectivity index (χ2v) is 9.69. The standard InChI is InChI=1S/C17H23F3N2O5S/c1-12-11-22(15(23)24,16(2,3)4)10-9-21(12)28(25,26)14-7-5-13(6-8-14)27-17(18,19)20/h5-8,12H,9-11H2,1-4H3/t12-,22?/m0/s1. The van der Waals surface area contributed by atoms with Crippen LogP contribution in [0, 0.1) is 0 Å². The highest BCUT2D eigenvalue weighted by Crippen LogP contribution is 2.32. The minimum atomic E-state index is -4.87. The third kappa shape index (κ3) is 4.26. The Hall–Kier alpha value is -1.85. The number of carbonyl (C=O) groups is 1. The van der Waals surface area contributed by atoms with Gasteiger partial charge in [-0.25, -0.2) is 8.42 Å². The maximum absolute atomic E-state index is 12.9. The Morgan fingerprint density at radius 1 is 1.21 bits per heavy atom. The first-order valence-corrected chi connectivity index (χ1v) is 10.0. The number of hydrogen-bond acceptors (Lipinski definition) is 5. The number of hydrogen-bond donors (Lipinski definition) is 0. The summed E-state index contributed by atoms with van der Waals surface area (Å²) in [6.45, 7) is 6.82. The highest BCUT2D eigenvalue weighted by molar-refractivity contribution is 7.89. The van der Waals surface area contributed by atoms with Gasteiger partial charge in [0.1, 0.15) is 12.3 Å². The Bertz CT molecular complexity index is 834. The van der Waals surface area contributed by atoms with Crippen LogP contribution in [-0.4, -0.2) is 60.9 Å². The van der Waals surface area contributed by atoms with Gasteiger partial charge in [0.05, 0.1) is 29.6 Å². The molecule has 0 bridgehead atoms. The molecule has 1 aromatic carbocycles. The summed E-state index contributed by atoms with van der Waals surface area (Å²) in [6, 6.07) is 3.25. The third-order valence-corrected chi connectivity index (χ3v) is 7.09. The van der Waals surface area contributed by atoms with Gasteiger partial charge in [-0.2, -0.15) is 4.31 Å². The number of nitrogens with zero attached hydrogens (tertiary/aromatic N) is 2. The van der Waals surface area contributed by atoms with Gasteiger partial charge in [0, 0.05) is 0 Å². The average molecular weight is 424 g/mol. The van der Waals surface area contributed by atoms with Crippen molar-refractivity contribution in [3.63, 3.8) is 0 Å². The molecule has 0 spiro atoms. The zero-order valence-corrected chi connectivity index (χ0v) is 16.8. The van der Waals surface area contributed by atoms with Gasteiger partial charge in [-0.3, -0.25) is 4.48 Å². The van der Waals surface area contributed by atoms with Gasteiger partial charge in [-0.15, -0.1) is 13.2 Å². The van der Waals surface area contributed by atoms with Crippen molar-refractivity contribution in [2.45, 2.75) is 50.5 Å². The molecule has 2 atom stereocenters. The van der Waals surface area contributed by atoms with Crippen molar-refractivity contribution in [1.82, 2.24) is 4.31 Å². The molecule has 11 heteroatoms. The summed E-state index contributed by atoms with van der Waals surface area (Å²) in [5.74, 6) is -0.529. The van der Waals surface area contributed by atoms with Crippen LogP contribution in [0.3, 0.4) is 0 Å². The summed E-state index contributed by atoms with van der Waals surface area (Å²) in [4.78, 5) is 11.6. The van der Waals surface area contributed by atoms with Crippen molar-refractivity contribution in [2.75, 3.05) is 19.6 Å². The topological polar surface area (TPSA) is 86.7 Å². The van der Waals surface area contributed by atoms with Crippen LogP contribution in [0.15, 0.2) is 29.2 Å². The van der Waals surface area contributed by atoms with Crippen molar-refractivity contribution >= 4 is 16.1 Å². The maximum Gasteiger partial charge on any atom is 0.573 e. The van der Waals surface area contributed by atoms with Crippen molar-refractivity contribution < 1.29 is 40.7 Å². The Kier molecular flexibility index (Phi) is 5.77. The van der Waals surface area contributed by atoms with Gasteiger partial charge in [-0.05, 0) is 52.0 Å².